The molecule has 0 saturated carbocycles. The lowest BCUT2D eigenvalue weighted by Crippen LogP contribution is -2.56. The van der Waals surface area contributed by atoms with Crippen LogP contribution >= 0.6 is 0 Å². The summed E-state index contributed by atoms with van der Waals surface area (Å²) in [6, 6.07) is 22.3. The summed E-state index contributed by atoms with van der Waals surface area (Å²) in [6.45, 7) is 0.158. The number of hydrogen-bond acceptors (Lipinski definition) is 4. The SMILES string of the molecule is CNC(=O)[C@H]1Cc2ccccc2C[C@H](NC(=O)OCC2c3ccccc3-c3ccccc32)C(=O)N1. The second-order valence-electron chi connectivity index (χ2n) is 8.87. The highest BCUT2D eigenvalue weighted by molar-refractivity contribution is 5.92. The van der Waals surface area contributed by atoms with Gasteiger partial charge in [0.2, 0.25) is 11.8 Å². The van der Waals surface area contributed by atoms with Crippen molar-refractivity contribution in [2.75, 3.05) is 13.7 Å². The van der Waals surface area contributed by atoms with Crippen molar-refractivity contribution in [2.45, 2.75) is 30.8 Å². The lowest BCUT2D eigenvalue weighted by molar-refractivity contribution is -0.129. The standard InChI is InChI=1S/C28H27N3O4/c1-29-26(32)24-14-17-8-2-3-9-18(17)15-25(27(33)30-24)31-28(34)35-16-23-21-12-6-4-10-19(21)20-11-5-7-13-22(20)23/h2-13,23-25H,14-16H2,1H3,(H,29,32)(H,30,33)(H,31,34)/t24-,25+/m1/s1. The zero-order chi connectivity index (χ0) is 24.4. The minimum absolute atomic E-state index is 0.0716. The molecule has 1 heterocycles. The van der Waals surface area contributed by atoms with Gasteiger partial charge < -0.3 is 20.7 Å². The van der Waals surface area contributed by atoms with Crippen molar-refractivity contribution < 1.29 is 19.1 Å². The Kier molecular flexibility index (Phi) is 6.23. The van der Waals surface area contributed by atoms with Gasteiger partial charge in [0.15, 0.2) is 0 Å². The number of amides is 3. The van der Waals surface area contributed by atoms with Gasteiger partial charge in [-0.1, -0.05) is 72.8 Å². The van der Waals surface area contributed by atoms with Crippen LogP contribution in [0.15, 0.2) is 72.8 Å². The maximum Gasteiger partial charge on any atom is 0.407 e. The number of alkyl carbamates (subject to hydrolysis) is 1. The number of hydrogen-bond donors (Lipinski definition) is 3. The molecule has 0 saturated heterocycles. The summed E-state index contributed by atoms with van der Waals surface area (Å²) in [5.74, 6) is -0.769. The van der Waals surface area contributed by atoms with Crippen LogP contribution in [0.25, 0.3) is 11.1 Å². The third-order valence-electron chi connectivity index (χ3n) is 6.80. The van der Waals surface area contributed by atoms with E-state index in [9.17, 15) is 14.4 Å². The largest absolute Gasteiger partial charge is 0.449 e. The summed E-state index contributed by atoms with van der Waals surface area (Å²) in [6.07, 6.45) is 0.0351. The van der Waals surface area contributed by atoms with Gasteiger partial charge in [-0.05, 0) is 33.4 Å². The van der Waals surface area contributed by atoms with Crippen molar-refractivity contribution in [3.63, 3.8) is 0 Å². The van der Waals surface area contributed by atoms with Gasteiger partial charge in [-0.3, -0.25) is 9.59 Å². The van der Waals surface area contributed by atoms with Gasteiger partial charge in [0.05, 0.1) is 0 Å². The maximum absolute atomic E-state index is 13.0. The Labute approximate surface area is 203 Å². The van der Waals surface area contributed by atoms with Crippen LogP contribution in [0.4, 0.5) is 4.79 Å². The fraction of sp³-hybridized carbons (Fsp3) is 0.250. The minimum atomic E-state index is -0.862. The molecule has 3 aromatic carbocycles. The molecule has 0 unspecified atom stereocenters. The van der Waals surface area contributed by atoms with Crippen molar-refractivity contribution in [1.29, 1.82) is 0 Å². The zero-order valence-corrected chi connectivity index (χ0v) is 19.4. The second kappa shape index (κ2) is 9.62. The molecule has 0 aromatic heterocycles. The van der Waals surface area contributed by atoms with Gasteiger partial charge >= 0.3 is 6.09 Å². The lowest BCUT2D eigenvalue weighted by Gasteiger charge is -2.27. The number of likely N-dealkylation sites (N-methyl/N-ethyl adjacent to an activating group) is 1. The second-order valence-corrected chi connectivity index (χ2v) is 8.87. The Bertz CT molecular complexity index is 1240. The van der Waals surface area contributed by atoms with Gasteiger partial charge in [-0.2, -0.15) is 0 Å². The predicted molar refractivity (Wildman–Crippen MR) is 132 cm³/mol. The van der Waals surface area contributed by atoms with Crippen molar-refractivity contribution in [3.8, 4) is 11.1 Å². The first-order valence-corrected chi connectivity index (χ1v) is 11.8. The Hall–Kier alpha value is -4.13. The summed E-state index contributed by atoms with van der Waals surface area (Å²) >= 11 is 0. The van der Waals surface area contributed by atoms with Gasteiger partial charge in [-0.15, -0.1) is 0 Å². The molecular weight excluding hydrogens is 442 g/mol. The molecule has 1 aliphatic heterocycles. The van der Waals surface area contributed by atoms with Crippen LogP contribution in [0.2, 0.25) is 0 Å². The summed E-state index contributed by atoms with van der Waals surface area (Å²) in [4.78, 5) is 38.1. The van der Waals surface area contributed by atoms with Crippen molar-refractivity contribution in [3.05, 3.63) is 95.1 Å². The smallest absolute Gasteiger partial charge is 0.407 e. The summed E-state index contributed by atoms with van der Waals surface area (Å²) in [7, 11) is 1.53. The molecular formula is C28H27N3O4. The van der Waals surface area contributed by atoms with Crippen LogP contribution < -0.4 is 16.0 Å². The van der Waals surface area contributed by atoms with E-state index in [4.69, 9.17) is 4.74 Å². The first-order chi connectivity index (χ1) is 17.0. The van der Waals surface area contributed by atoms with E-state index >= 15 is 0 Å². The van der Waals surface area contributed by atoms with Crippen molar-refractivity contribution in [1.82, 2.24) is 16.0 Å². The molecule has 178 valence electrons. The number of carbonyl (C=O) groups excluding carboxylic acids is 3. The van der Waals surface area contributed by atoms with E-state index in [2.05, 4.69) is 40.2 Å². The number of rotatable bonds is 4. The fourth-order valence-corrected chi connectivity index (χ4v) is 5.04. The molecule has 0 spiro atoms. The molecule has 5 rings (SSSR count). The third-order valence-corrected chi connectivity index (χ3v) is 6.80. The summed E-state index contributed by atoms with van der Waals surface area (Å²) < 4.78 is 5.64. The highest BCUT2D eigenvalue weighted by Gasteiger charge is 2.32. The molecule has 0 bridgehead atoms. The van der Waals surface area contributed by atoms with E-state index in [0.29, 0.717) is 12.8 Å². The molecule has 35 heavy (non-hydrogen) atoms. The number of benzene rings is 3. The predicted octanol–water partition coefficient (Wildman–Crippen LogP) is 2.92. The van der Waals surface area contributed by atoms with Crippen LogP contribution in [0, 0.1) is 0 Å². The minimum Gasteiger partial charge on any atom is -0.449 e. The quantitative estimate of drug-likeness (QED) is 0.548. The third kappa shape index (κ3) is 4.49. The van der Waals surface area contributed by atoms with E-state index in [-0.39, 0.29) is 18.4 Å². The van der Waals surface area contributed by atoms with Crippen LogP contribution in [-0.4, -0.2) is 43.6 Å². The molecule has 1 aliphatic carbocycles. The molecule has 7 heteroatoms. The maximum atomic E-state index is 13.0. The van der Waals surface area contributed by atoms with E-state index in [0.717, 1.165) is 33.4 Å². The first-order valence-electron chi connectivity index (χ1n) is 11.8. The van der Waals surface area contributed by atoms with Gasteiger partial charge in [-0.25, -0.2) is 4.79 Å². The number of carbonyl (C=O) groups is 3. The normalized spacial score (nSPS) is 18.7. The Morgan fingerprint density at radius 2 is 1.46 bits per heavy atom. The highest BCUT2D eigenvalue weighted by atomic mass is 16.5. The molecule has 0 radical (unpaired) electrons. The molecule has 3 amide bonds. The van der Waals surface area contributed by atoms with Crippen molar-refractivity contribution >= 4 is 17.9 Å². The topological polar surface area (TPSA) is 96.5 Å². The van der Waals surface area contributed by atoms with E-state index in [1.54, 1.807) is 0 Å². The van der Waals surface area contributed by atoms with Gasteiger partial charge in [0.1, 0.15) is 18.7 Å². The number of fused-ring (bicyclic) bond motifs is 4. The van der Waals surface area contributed by atoms with Crippen LogP contribution in [-0.2, 0) is 27.2 Å². The molecule has 2 aliphatic rings. The number of nitrogens with one attached hydrogen (secondary N) is 3. The molecule has 7 nitrogen and oxygen atoms in total. The van der Waals surface area contributed by atoms with Gasteiger partial charge in [0, 0.05) is 25.8 Å². The highest BCUT2D eigenvalue weighted by Crippen LogP contribution is 2.44. The van der Waals surface area contributed by atoms with Crippen molar-refractivity contribution in [2.24, 2.45) is 0 Å². The molecule has 3 aromatic rings. The van der Waals surface area contributed by atoms with E-state index in [1.165, 1.54) is 7.05 Å². The zero-order valence-electron chi connectivity index (χ0n) is 19.4. The van der Waals surface area contributed by atoms with Crippen LogP contribution in [0.3, 0.4) is 0 Å². The van der Waals surface area contributed by atoms with E-state index < -0.39 is 24.1 Å². The lowest BCUT2D eigenvalue weighted by atomic mass is 9.92. The Balaban J connectivity index is 1.31. The van der Waals surface area contributed by atoms with Crippen LogP contribution in [0.1, 0.15) is 28.2 Å². The van der Waals surface area contributed by atoms with Crippen LogP contribution in [0.5, 0.6) is 0 Å². The molecule has 2 atom stereocenters. The molecule has 3 N–H and O–H groups in total. The summed E-state index contributed by atoms with van der Waals surface area (Å²) in [5.41, 5.74) is 6.41. The first kappa shape index (κ1) is 22.7. The average Bonchev–Trinajstić information content (AvgIpc) is 3.20. The Morgan fingerprint density at radius 1 is 0.886 bits per heavy atom. The van der Waals surface area contributed by atoms with E-state index in [1.807, 2.05) is 48.5 Å². The summed E-state index contributed by atoms with van der Waals surface area (Å²) in [5, 5.41) is 8.08. The average molecular weight is 470 g/mol. The Morgan fingerprint density at radius 3 is 2.09 bits per heavy atom. The monoisotopic (exact) mass is 469 g/mol. The fourth-order valence-electron chi connectivity index (χ4n) is 5.04. The molecule has 0 fully saturated rings. The van der Waals surface area contributed by atoms with Gasteiger partial charge in [0.25, 0.3) is 0 Å². The number of ether oxygens (including phenoxy) is 1.